The van der Waals surface area contributed by atoms with Crippen molar-refractivity contribution >= 4 is 5.91 Å². The highest BCUT2D eigenvalue weighted by Gasteiger charge is 2.30. The molecule has 1 heterocycles. The normalized spacial score (nSPS) is 15.7. The van der Waals surface area contributed by atoms with E-state index in [9.17, 15) is 4.79 Å². The molecule has 1 aromatic rings. The first-order valence-electron chi connectivity index (χ1n) is 6.97. The van der Waals surface area contributed by atoms with Gasteiger partial charge in [-0.1, -0.05) is 6.07 Å². The third-order valence-electron chi connectivity index (χ3n) is 3.72. The number of nitrogens with one attached hydrogen (secondary N) is 1. The van der Waals surface area contributed by atoms with Gasteiger partial charge in [-0.15, -0.1) is 0 Å². The lowest BCUT2D eigenvalue weighted by Crippen LogP contribution is -2.54. The number of amides is 1. The maximum absolute atomic E-state index is 11.7. The molecule has 0 saturated carbocycles. The first-order valence-corrected chi connectivity index (χ1v) is 6.97. The summed E-state index contributed by atoms with van der Waals surface area (Å²) in [5.41, 5.74) is 5.85. The van der Waals surface area contributed by atoms with Crippen LogP contribution < -0.4 is 20.5 Å². The van der Waals surface area contributed by atoms with E-state index >= 15 is 0 Å². The van der Waals surface area contributed by atoms with E-state index in [1.165, 1.54) is 0 Å². The molecule has 0 spiro atoms. The van der Waals surface area contributed by atoms with E-state index in [2.05, 4.69) is 5.32 Å². The average Bonchev–Trinajstić information content (AvgIpc) is 2.92. The molecule has 116 valence electrons. The Labute approximate surface area is 124 Å². The minimum atomic E-state index is -0.755. The molecule has 1 aliphatic rings. The van der Waals surface area contributed by atoms with Gasteiger partial charge in [-0.2, -0.15) is 0 Å². The highest BCUT2D eigenvalue weighted by Crippen LogP contribution is 2.33. The van der Waals surface area contributed by atoms with Gasteiger partial charge in [0.15, 0.2) is 11.5 Å². The third-order valence-corrected chi connectivity index (χ3v) is 3.72. The Balaban J connectivity index is 1.96. The van der Waals surface area contributed by atoms with Crippen LogP contribution in [0, 0.1) is 0 Å². The largest absolute Gasteiger partial charge is 0.454 e. The molecule has 1 atom stereocenters. The van der Waals surface area contributed by atoms with Crippen LogP contribution in [0.15, 0.2) is 18.2 Å². The van der Waals surface area contributed by atoms with Gasteiger partial charge in [0, 0.05) is 13.7 Å². The lowest BCUT2D eigenvalue weighted by Gasteiger charge is -2.27. The molecule has 0 bridgehead atoms. The van der Waals surface area contributed by atoms with Crippen molar-refractivity contribution in [2.45, 2.75) is 25.3 Å². The number of nitrogens with two attached hydrogens (primary N) is 1. The molecule has 0 fully saturated rings. The maximum atomic E-state index is 11.7. The summed E-state index contributed by atoms with van der Waals surface area (Å²) in [5, 5.41) is 3.16. The van der Waals surface area contributed by atoms with Gasteiger partial charge in [-0.25, -0.2) is 0 Å². The third kappa shape index (κ3) is 3.86. The van der Waals surface area contributed by atoms with Crippen LogP contribution in [0.1, 0.15) is 18.9 Å². The molecule has 0 radical (unpaired) electrons. The van der Waals surface area contributed by atoms with E-state index in [1.54, 1.807) is 7.11 Å². The fourth-order valence-corrected chi connectivity index (χ4v) is 2.22. The topological polar surface area (TPSA) is 82.8 Å². The molecule has 6 heteroatoms. The highest BCUT2D eigenvalue weighted by atomic mass is 16.7. The molecule has 1 unspecified atom stereocenters. The molecular weight excluding hydrogens is 272 g/mol. The van der Waals surface area contributed by atoms with Gasteiger partial charge < -0.3 is 25.3 Å². The predicted molar refractivity (Wildman–Crippen MR) is 78.4 cm³/mol. The number of primary amides is 1. The number of aryl methyl sites for hydroxylation is 1. The number of hydrogen-bond donors (Lipinski definition) is 2. The van der Waals surface area contributed by atoms with Crippen LogP contribution >= 0.6 is 0 Å². The summed E-state index contributed by atoms with van der Waals surface area (Å²) in [6, 6.07) is 5.81. The van der Waals surface area contributed by atoms with Crippen molar-refractivity contribution in [1.29, 1.82) is 0 Å². The van der Waals surface area contributed by atoms with Crippen molar-refractivity contribution in [2.75, 3.05) is 27.1 Å². The molecule has 0 aromatic heterocycles. The van der Waals surface area contributed by atoms with Crippen molar-refractivity contribution in [3.63, 3.8) is 0 Å². The van der Waals surface area contributed by atoms with Crippen LogP contribution in [0.25, 0.3) is 0 Å². The van der Waals surface area contributed by atoms with Gasteiger partial charge in [-0.3, -0.25) is 4.79 Å². The molecule has 1 amide bonds. The molecule has 1 aliphatic heterocycles. The average molecular weight is 294 g/mol. The van der Waals surface area contributed by atoms with E-state index in [4.69, 9.17) is 19.9 Å². The van der Waals surface area contributed by atoms with Crippen molar-refractivity contribution in [3.8, 4) is 11.5 Å². The number of rotatable bonds is 8. The second kappa shape index (κ2) is 6.78. The molecular formula is C15H22N2O4. The van der Waals surface area contributed by atoms with Gasteiger partial charge in [-0.05, 0) is 37.5 Å². The highest BCUT2D eigenvalue weighted by molar-refractivity contribution is 5.84. The second-order valence-electron chi connectivity index (χ2n) is 5.30. The van der Waals surface area contributed by atoms with E-state index < -0.39 is 5.54 Å². The van der Waals surface area contributed by atoms with Crippen molar-refractivity contribution < 1.29 is 19.0 Å². The Morgan fingerprint density at radius 1 is 1.43 bits per heavy atom. The number of hydrogen-bond acceptors (Lipinski definition) is 5. The van der Waals surface area contributed by atoms with Crippen molar-refractivity contribution in [1.82, 2.24) is 5.32 Å². The summed E-state index contributed by atoms with van der Waals surface area (Å²) in [6.45, 7) is 3.19. The van der Waals surface area contributed by atoms with Crippen LogP contribution in [-0.4, -0.2) is 38.5 Å². The first kappa shape index (κ1) is 15.6. The minimum Gasteiger partial charge on any atom is -0.454 e. The molecule has 0 aliphatic carbocycles. The molecule has 21 heavy (non-hydrogen) atoms. The van der Waals surface area contributed by atoms with Crippen molar-refractivity contribution in [3.05, 3.63) is 23.8 Å². The zero-order valence-electron chi connectivity index (χ0n) is 12.5. The minimum absolute atomic E-state index is 0.260. The second-order valence-corrected chi connectivity index (χ2v) is 5.30. The fourth-order valence-electron chi connectivity index (χ4n) is 2.22. The van der Waals surface area contributed by atoms with Crippen molar-refractivity contribution in [2.24, 2.45) is 5.73 Å². The molecule has 6 nitrogen and oxygen atoms in total. The SMILES string of the molecule is COCCNC(C)(CCc1ccc2c(c1)OCO2)C(N)=O. The van der Waals surface area contributed by atoms with Gasteiger partial charge in [0.2, 0.25) is 12.7 Å². The number of carbonyl (C=O) groups excluding carboxylic acids is 1. The smallest absolute Gasteiger partial charge is 0.237 e. The molecule has 2 rings (SSSR count). The molecule has 3 N–H and O–H groups in total. The van der Waals surface area contributed by atoms with Gasteiger partial charge in [0.1, 0.15) is 0 Å². The lowest BCUT2D eigenvalue weighted by molar-refractivity contribution is -0.124. The Kier molecular flexibility index (Phi) is 5.03. The summed E-state index contributed by atoms with van der Waals surface area (Å²) < 4.78 is 15.6. The van der Waals surface area contributed by atoms with Gasteiger partial charge in [0.05, 0.1) is 12.1 Å². The summed E-state index contributed by atoms with van der Waals surface area (Å²) in [7, 11) is 1.62. The number of benzene rings is 1. The molecule has 1 aromatic carbocycles. The maximum Gasteiger partial charge on any atom is 0.237 e. The van der Waals surface area contributed by atoms with Gasteiger partial charge >= 0.3 is 0 Å². The monoisotopic (exact) mass is 294 g/mol. The summed E-state index contributed by atoms with van der Waals surface area (Å²) in [5.74, 6) is 1.15. The van der Waals surface area contributed by atoms with Crippen LogP contribution in [0.3, 0.4) is 0 Å². The van der Waals surface area contributed by atoms with E-state index in [1.807, 2.05) is 25.1 Å². The zero-order valence-corrected chi connectivity index (χ0v) is 12.5. The van der Waals surface area contributed by atoms with Crippen LogP contribution in [0.2, 0.25) is 0 Å². The Bertz CT molecular complexity index is 506. The van der Waals surface area contributed by atoms with Crippen LogP contribution in [-0.2, 0) is 16.0 Å². The quantitative estimate of drug-likeness (QED) is 0.694. The number of carbonyl (C=O) groups is 1. The van der Waals surface area contributed by atoms with E-state index in [-0.39, 0.29) is 12.7 Å². The zero-order chi connectivity index (χ0) is 15.3. The van der Waals surface area contributed by atoms with Crippen LogP contribution in [0.5, 0.6) is 11.5 Å². The Hall–Kier alpha value is -1.79. The predicted octanol–water partition coefficient (Wildman–Crippen LogP) is 0.828. The summed E-state index contributed by atoms with van der Waals surface area (Å²) in [4.78, 5) is 11.7. The summed E-state index contributed by atoms with van der Waals surface area (Å²) >= 11 is 0. The van der Waals surface area contributed by atoms with E-state index in [0.717, 1.165) is 23.5 Å². The first-order chi connectivity index (χ1) is 10.0. The van der Waals surface area contributed by atoms with E-state index in [0.29, 0.717) is 19.6 Å². The Morgan fingerprint density at radius 2 is 2.19 bits per heavy atom. The van der Waals surface area contributed by atoms with Gasteiger partial charge in [0.25, 0.3) is 0 Å². The molecule has 0 saturated heterocycles. The number of ether oxygens (including phenoxy) is 3. The number of fused-ring (bicyclic) bond motifs is 1. The fraction of sp³-hybridized carbons (Fsp3) is 0.533. The number of methoxy groups -OCH3 is 1. The summed E-state index contributed by atoms with van der Waals surface area (Å²) in [6.07, 6.45) is 1.32. The van der Waals surface area contributed by atoms with Crippen LogP contribution in [0.4, 0.5) is 0 Å². The standard InChI is InChI=1S/C15H22N2O4/c1-15(14(16)18,17-7-8-19-2)6-5-11-3-4-12-13(9-11)21-10-20-12/h3-4,9,17H,5-8,10H2,1-2H3,(H2,16,18). The lowest BCUT2D eigenvalue weighted by atomic mass is 9.92. The Morgan fingerprint density at radius 3 is 2.90 bits per heavy atom.